The number of anilines is 1. The Morgan fingerprint density at radius 1 is 1.12 bits per heavy atom. The van der Waals surface area contributed by atoms with Gasteiger partial charge in [0, 0.05) is 19.3 Å². The molecule has 1 unspecified atom stereocenters. The predicted molar refractivity (Wildman–Crippen MR) is 97.9 cm³/mol. The monoisotopic (exact) mass is 340 g/mol. The van der Waals surface area contributed by atoms with Crippen molar-refractivity contribution in [3.05, 3.63) is 59.7 Å². The molecule has 0 saturated carbocycles. The summed E-state index contributed by atoms with van der Waals surface area (Å²) in [6.07, 6.45) is 0.698. The van der Waals surface area contributed by atoms with E-state index in [9.17, 15) is 4.79 Å². The van der Waals surface area contributed by atoms with Crippen molar-refractivity contribution in [1.29, 1.82) is 0 Å². The first-order valence-corrected chi connectivity index (χ1v) is 8.63. The Kier molecular flexibility index (Phi) is 5.56. The van der Waals surface area contributed by atoms with Gasteiger partial charge >= 0.3 is 0 Å². The topological polar surface area (TPSA) is 50.8 Å². The van der Waals surface area contributed by atoms with E-state index in [1.807, 2.05) is 53.4 Å². The third-order valence-corrected chi connectivity index (χ3v) is 4.22. The van der Waals surface area contributed by atoms with Crippen molar-refractivity contribution >= 4 is 11.6 Å². The Balaban J connectivity index is 1.89. The van der Waals surface area contributed by atoms with Crippen LogP contribution >= 0.6 is 0 Å². The third kappa shape index (κ3) is 3.77. The molecule has 0 bridgehead atoms. The summed E-state index contributed by atoms with van der Waals surface area (Å²) in [4.78, 5) is 14.8. The van der Waals surface area contributed by atoms with E-state index in [-0.39, 0.29) is 12.1 Å². The minimum Gasteiger partial charge on any atom is -0.491 e. The predicted octanol–water partition coefficient (Wildman–Crippen LogP) is 3.69. The lowest BCUT2D eigenvalue weighted by Crippen LogP contribution is -2.43. The molecular formula is C20H24N2O3. The molecule has 0 aromatic heterocycles. The second-order valence-corrected chi connectivity index (χ2v) is 6.00. The number of carbonyl (C=O) groups is 1. The fourth-order valence-electron chi connectivity index (χ4n) is 3.04. The fourth-order valence-corrected chi connectivity index (χ4v) is 3.04. The summed E-state index contributed by atoms with van der Waals surface area (Å²) in [6.45, 7) is 3.81. The Bertz CT molecular complexity index is 732. The van der Waals surface area contributed by atoms with Crippen LogP contribution in [0, 0.1) is 0 Å². The van der Waals surface area contributed by atoms with Crippen LogP contribution in [0.1, 0.15) is 35.4 Å². The highest BCUT2D eigenvalue weighted by Crippen LogP contribution is 2.34. The number of nitrogens with one attached hydrogen (secondary N) is 1. The van der Waals surface area contributed by atoms with Crippen molar-refractivity contribution < 1.29 is 14.3 Å². The lowest BCUT2D eigenvalue weighted by molar-refractivity contribution is 0.0683. The molecule has 0 aliphatic carbocycles. The van der Waals surface area contributed by atoms with Crippen molar-refractivity contribution in [3.63, 3.8) is 0 Å². The summed E-state index contributed by atoms with van der Waals surface area (Å²) < 4.78 is 10.7. The third-order valence-electron chi connectivity index (χ3n) is 4.22. The molecular weight excluding hydrogens is 316 g/mol. The zero-order valence-electron chi connectivity index (χ0n) is 14.7. The molecule has 2 aromatic rings. The summed E-state index contributed by atoms with van der Waals surface area (Å²) in [5.74, 6) is 0.839. The molecule has 5 nitrogen and oxygen atoms in total. The average molecular weight is 340 g/mol. The van der Waals surface area contributed by atoms with Crippen molar-refractivity contribution in [2.75, 3.05) is 32.2 Å². The molecule has 1 N–H and O–H groups in total. The van der Waals surface area contributed by atoms with Gasteiger partial charge in [0.2, 0.25) is 0 Å². The number of fused-ring (bicyclic) bond motifs is 1. The highest BCUT2D eigenvalue weighted by molar-refractivity contribution is 6.01. The number of para-hydroxylation sites is 1. The van der Waals surface area contributed by atoms with E-state index in [1.54, 1.807) is 7.11 Å². The largest absolute Gasteiger partial charge is 0.491 e. The van der Waals surface area contributed by atoms with Crippen molar-refractivity contribution in [2.45, 2.75) is 19.5 Å². The van der Waals surface area contributed by atoms with E-state index in [4.69, 9.17) is 9.47 Å². The van der Waals surface area contributed by atoms with Gasteiger partial charge in [-0.3, -0.25) is 4.79 Å². The molecule has 1 amide bonds. The lowest BCUT2D eigenvalue weighted by atomic mass is 10.0. The molecule has 2 aromatic carbocycles. The molecule has 1 atom stereocenters. The van der Waals surface area contributed by atoms with E-state index in [1.165, 1.54) is 0 Å². The number of benzene rings is 2. The van der Waals surface area contributed by atoms with Crippen molar-refractivity contribution in [3.8, 4) is 5.75 Å². The van der Waals surface area contributed by atoms with Crippen LogP contribution in [0.5, 0.6) is 5.75 Å². The van der Waals surface area contributed by atoms with Crippen LogP contribution in [0.4, 0.5) is 5.69 Å². The standard InChI is InChI=1S/C20H24N2O3/c1-3-11-22-19(21-18-10-5-4-9-17(18)20(22)23)15-7-6-8-16(14-15)25-13-12-24-2/h4-10,14,19,21H,3,11-13H2,1-2H3. The Morgan fingerprint density at radius 3 is 2.76 bits per heavy atom. The van der Waals surface area contributed by atoms with Crippen LogP contribution in [0.2, 0.25) is 0 Å². The molecule has 5 heteroatoms. The maximum atomic E-state index is 12.9. The lowest BCUT2D eigenvalue weighted by Gasteiger charge is -2.38. The summed E-state index contributed by atoms with van der Waals surface area (Å²) in [7, 11) is 1.65. The van der Waals surface area contributed by atoms with Crippen LogP contribution in [0.25, 0.3) is 0 Å². The molecule has 1 aliphatic rings. The van der Waals surface area contributed by atoms with Crippen LogP contribution in [0.15, 0.2) is 48.5 Å². The van der Waals surface area contributed by atoms with Crippen LogP contribution < -0.4 is 10.1 Å². The van der Waals surface area contributed by atoms with Crippen LogP contribution in [0.3, 0.4) is 0 Å². The highest BCUT2D eigenvalue weighted by atomic mass is 16.5. The Morgan fingerprint density at radius 2 is 1.96 bits per heavy atom. The molecule has 0 fully saturated rings. The van der Waals surface area contributed by atoms with Gasteiger partial charge < -0.3 is 19.7 Å². The molecule has 0 spiro atoms. The number of rotatable bonds is 7. The average Bonchev–Trinajstić information content (AvgIpc) is 2.64. The molecule has 1 aliphatic heterocycles. The fraction of sp³-hybridized carbons (Fsp3) is 0.350. The van der Waals surface area contributed by atoms with E-state index in [2.05, 4.69) is 12.2 Å². The van der Waals surface area contributed by atoms with Gasteiger partial charge in [0.1, 0.15) is 18.5 Å². The number of hydrogen-bond acceptors (Lipinski definition) is 4. The maximum Gasteiger partial charge on any atom is 0.257 e. The van der Waals surface area contributed by atoms with Crippen LogP contribution in [-0.2, 0) is 4.74 Å². The van der Waals surface area contributed by atoms with Crippen molar-refractivity contribution in [2.24, 2.45) is 0 Å². The van der Waals surface area contributed by atoms with E-state index >= 15 is 0 Å². The molecule has 0 radical (unpaired) electrons. The number of nitrogens with zero attached hydrogens (tertiary/aromatic N) is 1. The second kappa shape index (κ2) is 8.03. The maximum absolute atomic E-state index is 12.9. The van der Waals surface area contributed by atoms with Gasteiger partial charge in [-0.1, -0.05) is 31.2 Å². The Hall–Kier alpha value is -2.53. The quantitative estimate of drug-likeness (QED) is 0.781. The SMILES string of the molecule is CCCN1C(=O)c2ccccc2NC1c1cccc(OCCOC)c1. The number of amides is 1. The summed E-state index contributed by atoms with van der Waals surface area (Å²) in [5.41, 5.74) is 2.60. The van der Waals surface area contributed by atoms with E-state index in [0.29, 0.717) is 19.8 Å². The van der Waals surface area contributed by atoms with Crippen molar-refractivity contribution in [1.82, 2.24) is 4.90 Å². The molecule has 132 valence electrons. The zero-order chi connectivity index (χ0) is 17.6. The number of carbonyl (C=O) groups excluding carboxylic acids is 1. The van der Waals surface area contributed by atoms with Gasteiger partial charge in [0.15, 0.2) is 0 Å². The summed E-state index contributed by atoms with van der Waals surface area (Å²) >= 11 is 0. The number of methoxy groups -OCH3 is 1. The normalized spacial score (nSPS) is 16.3. The van der Waals surface area contributed by atoms with Gasteiger partial charge in [-0.15, -0.1) is 0 Å². The first-order valence-electron chi connectivity index (χ1n) is 8.63. The van der Waals surface area contributed by atoms with E-state index in [0.717, 1.165) is 29.0 Å². The molecule has 25 heavy (non-hydrogen) atoms. The smallest absolute Gasteiger partial charge is 0.257 e. The minimum atomic E-state index is -0.201. The first-order chi connectivity index (χ1) is 12.2. The van der Waals surface area contributed by atoms with Gasteiger partial charge in [-0.25, -0.2) is 0 Å². The molecule has 1 heterocycles. The van der Waals surface area contributed by atoms with Gasteiger partial charge in [0.25, 0.3) is 5.91 Å². The number of ether oxygens (including phenoxy) is 2. The van der Waals surface area contributed by atoms with Crippen LogP contribution in [-0.4, -0.2) is 37.7 Å². The van der Waals surface area contributed by atoms with Gasteiger partial charge in [-0.05, 0) is 36.2 Å². The summed E-state index contributed by atoms with van der Waals surface area (Å²) in [5, 5.41) is 3.50. The molecule has 0 saturated heterocycles. The first kappa shape index (κ1) is 17.3. The Labute approximate surface area is 148 Å². The minimum absolute atomic E-state index is 0.0619. The van der Waals surface area contributed by atoms with E-state index < -0.39 is 0 Å². The van der Waals surface area contributed by atoms with Gasteiger partial charge in [-0.2, -0.15) is 0 Å². The number of hydrogen-bond donors (Lipinski definition) is 1. The second-order valence-electron chi connectivity index (χ2n) is 6.00. The molecule has 3 rings (SSSR count). The summed E-state index contributed by atoms with van der Waals surface area (Å²) in [6, 6.07) is 15.5. The van der Waals surface area contributed by atoms with Gasteiger partial charge in [0.05, 0.1) is 12.2 Å². The highest BCUT2D eigenvalue weighted by Gasteiger charge is 2.32. The zero-order valence-corrected chi connectivity index (χ0v) is 14.7.